The molecule has 1 heterocycles. The molecule has 3 rings (SSSR count). The molecular weight excluding hydrogens is 334 g/mol. The first-order valence-corrected chi connectivity index (χ1v) is 7.55. The number of fused-ring (bicyclic) bond motifs is 1. The summed E-state index contributed by atoms with van der Waals surface area (Å²) in [7, 11) is 0. The molecule has 1 aliphatic heterocycles. The van der Waals surface area contributed by atoms with Crippen molar-refractivity contribution in [3.05, 3.63) is 46.4 Å². The Labute approximate surface area is 130 Å². The number of benzene rings is 2. The number of rotatable bonds is 2. The molecule has 21 heavy (non-hydrogen) atoms. The summed E-state index contributed by atoms with van der Waals surface area (Å²) in [5.41, 5.74) is 0.607. The Bertz CT molecular complexity index is 729. The number of carboxylic acid groups (broad SMARTS) is 1. The van der Waals surface area contributed by atoms with Crippen molar-refractivity contribution >= 4 is 38.6 Å². The van der Waals surface area contributed by atoms with Crippen molar-refractivity contribution in [2.24, 2.45) is 5.92 Å². The number of halogens is 1. The summed E-state index contributed by atoms with van der Waals surface area (Å²) in [6.07, 6.45) is 0.529. The average molecular weight is 348 g/mol. The molecule has 1 atom stereocenters. The summed E-state index contributed by atoms with van der Waals surface area (Å²) in [4.78, 5) is 25.0. The van der Waals surface area contributed by atoms with Crippen LogP contribution < -0.4 is 0 Å². The van der Waals surface area contributed by atoms with Gasteiger partial charge >= 0.3 is 5.97 Å². The van der Waals surface area contributed by atoms with E-state index < -0.39 is 11.9 Å². The van der Waals surface area contributed by atoms with Crippen molar-refractivity contribution < 1.29 is 14.7 Å². The molecule has 4 nitrogen and oxygen atoms in total. The monoisotopic (exact) mass is 347 g/mol. The van der Waals surface area contributed by atoms with Gasteiger partial charge in [0, 0.05) is 23.1 Å². The molecule has 2 aromatic rings. The van der Waals surface area contributed by atoms with E-state index in [4.69, 9.17) is 5.11 Å². The van der Waals surface area contributed by atoms with Crippen LogP contribution in [0.3, 0.4) is 0 Å². The first-order valence-electron chi connectivity index (χ1n) is 6.76. The Morgan fingerprint density at radius 2 is 1.86 bits per heavy atom. The zero-order valence-electron chi connectivity index (χ0n) is 11.3. The fourth-order valence-electron chi connectivity index (χ4n) is 2.68. The first kappa shape index (κ1) is 14.1. The van der Waals surface area contributed by atoms with Crippen LogP contribution in [0.4, 0.5) is 0 Å². The Morgan fingerprint density at radius 1 is 1.14 bits per heavy atom. The number of nitrogens with zero attached hydrogens (tertiary/aromatic N) is 1. The maximum Gasteiger partial charge on any atom is 0.308 e. The SMILES string of the molecule is O=C(O)C1CCN(C(=O)c2ccc3cc(Br)ccc3c2)C1. The van der Waals surface area contributed by atoms with Gasteiger partial charge in [-0.15, -0.1) is 0 Å². The number of likely N-dealkylation sites (tertiary alicyclic amines) is 1. The van der Waals surface area contributed by atoms with E-state index in [2.05, 4.69) is 15.9 Å². The Hall–Kier alpha value is -1.88. The third kappa shape index (κ3) is 2.78. The van der Waals surface area contributed by atoms with Gasteiger partial charge in [-0.25, -0.2) is 0 Å². The zero-order chi connectivity index (χ0) is 15.0. The van der Waals surface area contributed by atoms with Crippen molar-refractivity contribution in [2.75, 3.05) is 13.1 Å². The topological polar surface area (TPSA) is 57.6 Å². The van der Waals surface area contributed by atoms with E-state index in [1.807, 2.05) is 30.3 Å². The molecule has 0 radical (unpaired) electrons. The summed E-state index contributed by atoms with van der Waals surface area (Å²) >= 11 is 3.42. The smallest absolute Gasteiger partial charge is 0.308 e. The first-order chi connectivity index (χ1) is 10.0. The number of carbonyl (C=O) groups is 2. The second-order valence-electron chi connectivity index (χ2n) is 5.28. The minimum atomic E-state index is -0.825. The lowest BCUT2D eigenvalue weighted by Crippen LogP contribution is -2.29. The number of carboxylic acids is 1. The van der Waals surface area contributed by atoms with Crippen LogP contribution in [0.5, 0.6) is 0 Å². The molecule has 1 fully saturated rings. The van der Waals surface area contributed by atoms with E-state index in [1.54, 1.807) is 11.0 Å². The molecule has 0 saturated carbocycles. The van der Waals surface area contributed by atoms with Crippen molar-refractivity contribution in [1.29, 1.82) is 0 Å². The van der Waals surface area contributed by atoms with Crippen molar-refractivity contribution in [2.45, 2.75) is 6.42 Å². The van der Waals surface area contributed by atoms with Crippen LogP contribution >= 0.6 is 15.9 Å². The van der Waals surface area contributed by atoms with Gasteiger partial charge in [-0.05, 0) is 41.5 Å². The molecule has 1 aliphatic rings. The lowest BCUT2D eigenvalue weighted by atomic mass is 10.1. The van der Waals surface area contributed by atoms with Crippen LogP contribution in [-0.2, 0) is 4.79 Å². The van der Waals surface area contributed by atoms with E-state index in [-0.39, 0.29) is 5.91 Å². The number of aliphatic carboxylic acids is 1. The van der Waals surface area contributed by atoms with E-state index in [0.29, 0.717) is 25.1 Å². The standard InChI is InChI=1S/C16H14BrNO3/c17-14-4-3-10-7-12(2-1-11(10)8-14)15(19)18-6-5-13(9-18)16(20)21/h1-4,7-8,13H,5-6,9H2,(H,20,21). The number of hydrogen-bond donors (Lipinski definition) is 1. The number of hydrogen-bond acceptors (Lipinski definition) is 2. The van der Waals surface area contributed by atoms with E-state index >= 15 is 0 Å². The van der Waals surface area contributed by atoms with Crippen LogP contribution in [0.15, 0.2) is 40.9 Å². The van der Waals surface area contributed by atoms with E-state index in [1.165, 1.54) is 0 Å². The van der Waals surface area contributed by atoms with Gasteiger partial charge in [-0.2, -0.15) is 0 Å². The normalized spacial score (nSPS) is 18.1. The molecule has 5 heteroatoms. The molecule has 1 N–H and O–H groups in total. The molecular formula is C16H14BrNO3. The predicted molar refractivity (Wildman–Crippen MR) is 83.3 cm³/mol. The van der Waals surface area contributed by atoms with Crippen molar-refractivity contribution in [3.8, 4) is 0 Å². The number of carbonyl (C=O) groups excluding carboxylic acids is 1. The van der Waals surface area contributed by atoms with Gasteiger partial charge in [0.05, 0.1) is 5.92 Å². The van der Waals surface area contributed by atoms with Crippen LogP contribution in [-0.4, -0.2) is 35.0 Å². The van der Waals surface area contributed by atoms with Crippen LogP contribution in [0, 0.1) is 5.92 Å². The van der Waals surface area contributed by atoms with Gasteiger partial charge in [0.15, 0.2) is 0 Å². The third-order valence-electron chi connectivity index (χ3n) is 3.87. The van der Waals surface area contributed by atoms with Gasteiger partial charge in [0.1, 0.15) is 0 Å². The second kappa shape index (κ2) is 5.48. The van der Waals surface area contributed by atoms with Gasteiger partial charge in [-0.3, -0.25) is 9.59 Å². The third-order valence-corrected chi connectivity index (χ3v) is 4.37. The Kier molecular flexibility index (Phi) is 3.68. The molecule has 0 aliphatic carbocycles. The van der Waals surface area contributed by atoms with Crippen LogP contribution in [0.1, 0.15) is 16.8 Å². The predicted octanol–water partition coefficient (Wildman–Crippen LogP) is 3.15. The molecule has 0 spiro atoms. The lowest BCUT2D eigenvalue weighted by molar-refractivity contribution is -0.141. The van der Waals surface area contributed by atoms with E-state index in [9.17, 15) is 9.59 Å². The van der Waals surface area contributed by atoms with Gasteiger partial charge < -0.3 is 10.0 Å². The van der Waals surface area contributed by atoms with E-state index in [0.717, 1.165) is 15.2 Å². The minimum absolute atomic E-state index is 0.0939. The fourth-order valence-corrected chi connectivity index (χ4v) is 3.06. The van der Waals surface area contributed by atoms with Gasteiger partial charge in [-0.1, -0.05) is 28.1 Å². The van der Waals surface area contributed by atoms with Crippen LogP contribution in [0.25, 0.3) is 10.8 Å². The number of amides is 1. The minimum Gasteiger partial charge on any atom is -0.481 e. The summed E-state index contributed by atoms with van der Waals surface area (Å²) < 4.78 is 0.998. The molecule has 2 aromatic carbocycles. The van der Waals surface area contributed by atoms with Gasteiger partial charge in [0.2, 0.25) is 0 Å². The molecule has 0 aromatic heterocycles. The highest BCUT2D eigenvalue weighted by atomic mass is 79.9. The second-order valence-corrected chi connectivity index (χ2v) is 6.20. The molecule has 0 bridgehead atoms. The Balaban J connectivity index is 1.85. The highest BCUT2D eigenvalue weighted by Gasteiger charge is 2.31. The fraction of sp³-hybridized carbons (Fsp3) is 0.250. The maximum atomic E-state index is 12.4. The highest BCUT2D eigenvalue weighted by Crippen LogP contribution is 2.23. The lowest BCUT2D eigenvalue weighted by Gasteiger charge is -2.16. The Morgan fingerprint density at radius 3 is 2.57 bits per heavy atom. The maximum absolute atomic E-state index is 12.4. The summed E-state index contributed by atoms with van der Waals surface area (Å²) in [5, 5.41) is 11.1. The van der Waals surface area contributed by atoms with Crippen molar-refractivity contribution in [3.63, 3.8) is 0 Å². The van der Waals surface area contributed by atoms with Crippen LogP contribution in [0.2, 0.25) is 0 Å². The molecule has 108 valence electrons. The average Bonchev–Trinajstić information content (AvgIpc) is 2.96. The highest BCUT2D eigenvalue weighted by molar-refractivity contribution is 9.10. The molecule has 1 unspecified atom stereocenters. The quantitative estimate of drug-likeness (QED) is 0.907. The molecule has 1 saturated heterocycles. The summed E-state index contributed by atoms with van der Waals surface area (Å²) in [6, 6.07) is 11.5. The summed E-state index contributed by atoms with van der Waals surface area (Å²) in [6.45, 7) is 0.806. The largest absolute Gasteiger partial charge is 0.481 e. The zero-order valence-corrected chi connectivity index (χ0v) is 12.8. The molecule has 1 amide bonds. The summed E-state index contributed by atoms with van der Waals surface area (Å²) in [5.74, 6) is -1.36. The van der Waals surface area contributed by atoms with Crippen molar-refractivity contribution in [1.82, 2.24) is 4.90 Å². The van der Waals surface area contributed by atoms with Gasteiger partial charge in [0.25, 0.3) is 5.91 Å².